The molecule has 28 heavy (non-hydrogen) atoms. The molecule has 7 nitrogen and oxygen atoms in total. The van der Waals surface area contributed by atoms with Gasteiger partial charge < -0.3 is 10.4 Å². The van der Waals surface area contributed by atoms with Crippen molar-refractivity contribution in [2.75, 3.05) is 5.32 Å². The van der Waals surface area contributed by atoms with E-state index in [0.29, 0.717) is 5.69 Å². The monoisotopic (exact) mass is 376 g/mol. The van der Waals surface area contributed by atoms with Crippen LogP contribution in [0.4, 0.5) is 11.4 Å². The van der Waals surface area contributed by atoms with Gasteiger partial charge in [0.2, 0.25) is 0 Å². The quantitative estimate of drug-likeness (QED) is 0.502. The number of hydrogen-bond donors (Lipinski definition) is 2. The van der Waals surface area contributed by atoms with Crippen LogP contribution in [0, 0.1) is 17.0 Å². The van der Waals surface area contributed by atoms with Crippen LogP contribution >= 0.6 is 0 Å². The number of carboxylic acid groups (broad SMARTS) is 1. The molecule has 140 valence electrons. The predicted octanol–water partition coefficient (Wildman–Crippen LogP) is 4.52. The molecule has 0 aliphatic carbocycles. The van der Waals surface area contributed by atoms with Crippen molar-refractivity contribution in [3.63, 3.8) is 0 Å². The molecule has 3 rings (SSSR count). The van der Waals surface area contributed by atoms with Crippen LogP contribution in [0.1, 0.15) is 26.3 Å². The van der Waals surface area contributed by atoms with Gasteiger partial charge in [-0.1, -0.05) is 23.8 Å². The number of aryl methyl sites for hydroxylation is 1. The van der Waals surface area contributed by atoms with Crippen LogP contribution in [0.15, 0.2) is 66.7 Å². The number of carboxylic acids is 1. The molecule has 0 heterocycles. The summed E-state index contributed by atoms with van der Waals surface area (Å²) in [5.74, 6) is -1.68. The Kier molecular flexibility index (Phi) is 5.17. The summed E-state index contributed by atoms with van der Waals surface area (Å²) in [5.41, 5.74) is 2.96. The number of aromatic carboxylic acids is 1. The van der Waals surface area contributed by atoms with Gasteiger partial charge in [0.25, 0.3) is 11.6 Å². The molecule has 0 fully saturated rings. The molecule has 3 aromatic rings. The molecular formula is C21H16N2O5. The molecule has 0 aliphatic rings. The average Bonchev–Trinajstić information content (AvgIpc) is 2.68. The van der Waals surface area contributed by atoms with E-state index in [1.165, 1.54) is 24.3 Å². The largest absolute Gasteiger partial charge is 0.478 e. The van der Waals surface area contributed by atoms with E-state index >= 15 is 0 Å². The first-order valence-corrected chi connectivity index (χ1v) is 8.35. The smallest absolute Gasteiger partial charge is 0.336 e. The summed E-state index contributed by atoms with van der Waals surface area (Å²) in [6, 6.07) is 17.6. The highest BCUT2D eigenvalue weighted by molar-refractivity contribution is 6.10. The highest BCUT2D eigenvalue weighted by atomic mass is 16.6. The predicted molar refractivity (Wildman–Crippen MR) is 105 cm³/mol. The Morgan fingerprint density at radius 3 is 2.00 bits per heavy atom. The second-order valence-corrected chi connectivity index (χ2v) is 6.19. The Balaban J connectivity index is 1.79. The zero-order valence-electron chi connectivity index (χ0n) is 14.9. The summed E-state index contributed by atoms with van der Waals surface area (Å²) in [4.78, 5) is 34.1. The molecule has 0 spiro atoms. The van der Waals surface area contributed by atoms with E-state index in [1.54, 1.807) is 49.4 Å². The fourth-order valence-electron chi connectivity index (χ4n) is 2.75. The van der Waals surface area contributed by atoms with Crippen molar-refractivity contribution in [2.45, 2.75) is 6.92 Å². The van der Waals surface area contributed by atoms with Crippen molar-refractivity contribution in [3.8, 4) is 11.1 Å². The number of amides is 1. The van der Waals surface area contributed by atoms with E-state index in [2.05, 4.69) is 5.32 Å². The van der Waals surface area contributed by atoms with E-state index in [-0.39, 0.29) is 16.8 Å². The van der Waals surface area contributed by atoms with Crippen LogP contribution < -0.4 is 5.32 Å². The lowest BCUT2D eigenvalue weighted by Crippen LogP contribution is -2.16. The van der Waals surface area contributed by atoms with Gasteiger partial charge in [-0.05, 0) is 54.4 Å². The van der Waals surface area contributed by atoms with Crippen molar-refractivity contribution in [3.05, 3.63) is 93.5 Å². The van der Waals surface area contributed by atoms with E-state index in [9.17, 15) is 24.8 Å². The number of carbonyl (C=O) groups excluding carboxylic acids is 1. The highest BCUT2D eigenvalue weighted by Crippen LogP contribution is 2.24. The number of nitrogens with one attached hydrogen (secondary N) is 1. The molecule has 0 bridgehead atoms. The fourth-order valence-corrected chi connectivity index (χ4v) is 2.75. The first-order chi connectivity index (χ1) is 13.3. The number of non-ortho nitro benzene ring substituents is 1. The Labute approximate surface area is 160 Å². The van der Waals surface area contributed by atoms with Gasteiger partial charge >= 0.3 is 5.97 Å². The second-order valence-electron chi connectivity index (χ2n) is 6.19. The maximum absolute atomic E-state index is 12.5. The molecule has 3 aromatic carbocycles. The molecule has 2 N–H and O–H groups in total. The van der Waals surface area contributed by atoms with Gasteiger partial charge in [0.05, 0.1) is 16.1 Å². The van der Waals surface area contributed by atoms with Crippen molar-refractivity contribution in [1.29, 1.82) is 0 Å². The number of hydrogen-bond acceptors (Lipinski definition) is 4. The zero-order valence-corrected chi connectivity index (χ0v) is 14.9. The average molecular weight is 376 g/mol. The van der Waals surface area contributed by atoms with E-state index < -0.39 is 16.8 Å². The van der Waals surface area contributed by atoms with Crippen molar-refractivity contribution < 1.29 is 19.6 Å². The lowest BCUT2D eigenvalue weighted by atomic mass is 10.0. The number of benzene rings is 3. The summed E-state index contributed by atoms with van der Waals surface area (Å²) >= 11 is 0. The minimum atomic E-state index is -1.17. The number of carbonyl (C=O) groups is 2. The Morgan fingerprint density at radius 1 is 0.893 bits per heavy atom. The molecule has 0 radical (unpaired) electrons. The lowest BCUT2D eigenvalue weighted by Gasteiger charge is -2.10. The number of nitro benzene ring substituents is 1. The maximum atomic E-state index is 12.5. The molecule has 7 heteroatoms. The van der Waals surface area contributed by atoms with Crippen molar-refractivity contribution >= 4 is 23.3 Å². The number of nitrogens with zero attached hydrogens (tertiary/aromatic N) is 1. The van der Waals surface area contributed by atoms with Crippen LogP contribution in [0.25, 0.3) is 11.1 Å². The second kappa shape index (κ2) is 7.71. The molecular weight excluding hydrogens is 360 g/mol. The molecule has 0 saturated heterocycles. The molecule has 0 aliphatic heterocycles. The van der Waals surface area contributed by atoms with Crippen LogP contribution in [-0.4, -0.2) is 21.9 Å². The summed E-state index contributed by atoms with van der Waals surface area (Å²) < 4.78 is 0. The molecule has 1 amide bonds. The van der Waals surface area contributed by atoms with E-state index in [4.69, 9.17) is 0 Å². The normalized spacial score (nSPS) is 10.3. The maximum Gasteiger partial charge on any atom is 0.336 e. The van der Waals surface area contributed by atoms with Gasteiger partial charge in [0, 0.05) is 17.8 Å². The summed E-state index contributed by atoms with van der Waals surface area (Å²) in [6.07, 6.45) is 0. The molecule has 0 saturated carbocycles. The summed E-state index contributed by atoms with van der Waals surface area (Å²) in [5, 5.41) is 22.7. The van der Waals surface area contributed by atoms with Crippen molar-refractivity contribution in [1.82, 2.24) is 0 Å². The van der Waals surface area contributed by atoms with E-state index in [0.717, 1.165) is 16.7 Å². The molecule has 0 atom stereocenters. The third kappa shape index (κ3) is 4.04. The number of nitro groups is 1. The van der Waals surface area contributed by atoms with Gasteiger partial charge in [-0.25, -0.2) is 4.79 Å². The topological polar surface area (TPSA) is 110 Å². The van der Waals surface area contributed by atoms with Gasteiger partial charge in [-0.2, -0.15) is 0 Å². The van der Waals surface area contributed by atoms with Gasteiger partial charge in [-0.15, -0.1) is 0 Å². The van der Waals surface area contributed by atoms with Crippen LogP contribution in [0.2, 0.25) is 0 Å². The van der Waals surface area contributed by atoms with Gasteiger partial charge in [0.1, 0.15) is 0 Å². The Morgan fingerprint density at radius 2 is 1.46 bits per heavy atom. The fraction of sp³-hybridized carbons (Fsp3) is 0.0476. The minimum absolute atomic E-state index is 0.0139. The third-order valence-corrected chi connectivity index (χ3v) is 4.20. The van der Waals surface area contributed by atoms with Crippen LogP contribution in [0.3, 0.4) is 0 Å². The summed E-state index contributed by atoms with van der Waals surface area (Å²) in [7, 11) is 0. The number of rotatable bonds is 5. The van der Waals surface area contributed by atoms with Gasteiger partial charge in [0.15, 0.2) is 0 Å². The molecule has 0 aromatic heterocycles. The minimum Gasteiger partial charge on any atom is -0.478 e. The summed E-state index contributed by atoms with van der Waals surface area (Å²) in [6.45, 7) is 1.78. The third-order valence-electron chi connectivity index (χ3n) is 4.20. The standard InChI is InChI=1S/C21H16N2O5/c1-13-2-11-18(21(25)26)19(12-13)20(24)22-16-7-3-14(4-8-16)15-5-9-17(10-6-15)23(27)28/h2-12H,1H3,(H,22,24)(H,25,26). The Hall–Kier alpha value is -4.00. The Bertz CT molecular complexity index is 1060. The van der Waals surface area contributed by atoms with Crippen molar-refractivity contribution in [2.24, 2.45) is 0 Å². The van der Waals surface area contributed by atoms with E-state index in [1.807, 2.05) is 0 Å². The molecule has 0 unspecified atom stereocenters. The van der Waals surface area contributed by atoms with Crippen LogP contribution in [-0.2, 0) is 0 Å². The first-order valence-electron chi connectivity index (χ1n) is 8.35. The SMILES string of the molecule is Cc1ccc(C(=O)O)c(C(=O)Nc2ccc(-c3ccc([N+](=O)[O-])cc3)cc2)c1. The van der Waals surface area contributed by atoms with Crippen LogP contribution in [0.5, 0.6) is 0 Å². The van der Waals surface area contributed by atoms with Gasteiger partial charge in [-0.3, -0.25) is 14.9 Å². The lowest BCUT2D eigenvalue weighted by molar-refractivity contribution is -0.384. The first kappa shape index (κ1) is 18.8. The zero-order chi connectivity index (χ0) is 20.3. The number of anilines is 1. The highest BCUT2D eigenvalue weighted by Gasteiger charge is 2.17.